The van der Waals surface area contributed by atoms with E-state index in [1.807, 2.05) is 0 Å². The molecule has 2 aliphatic rings. The molecule has 2 fully saturated rings. The number of halogens is 3. The fraction of sp³-hybridized carbons (Fsp3) is 0.444. The van der Waals surface area contributed by atoms with Crippen molar-refractivity contribution in [1.29, 1.82) is 0 Å². The molecule has 1 aromatic carbocycles. The van der Waals surface area contributed by atoms with E-state index < -0.39 is 36.9 Å². The van der Waals surface area contributed by atoms with Crippen LogP contribution in [0.4, 0.5) is 5.69 Å². The minimum atomic E-state index is -0.794. The molecule has 1 saturated carbocycles. The minimum Gasteiger partial charge on any atom is -0.454 e. The van der Waals surface area contributed by atoms with Gasteiger partial charge in [-0.05, 0) is 37.1 Å². The van der Waals surface area contributed by atoms with Gasteiger partial charge in [0, 0.05) is 19.8 Å². The molecule has 0 aromatic heterocycles. The third kappa shape index (κ3) is 4.83. The van der Waals surface area contributed by atoms with Crippen molar-refractivity contribution in [2.24, 2.45) is 11.8 Å². The molecule has 3 rings (SSSR count). The van der Waals surface area contributed by atoms with Crippen molar-refractivity contribution in [1.82, 2.24) is 4.90 Å². The van der Waals surface area contributed by atoms with Crippen molar-refractivity contribution in [3.05, 3.63) is 28.7 Å². The lowest BCUT2D eigenvalue weighted by atomic mass is 9.81. The van der Waals surface area contributed by atoms with Crippen LogP contribution in [0.1, 0.15) is 12.8 Å². The third-order valence-corrected chi connectivity index (χ3v) is 8.04. The topological polar surface area (TPSA) is 92.8 Å². The van der Waals surface area contributed by atoms with Gasteiger partial charge in [0.1, 0.15) is 6.54 Å². The number of carbonyl (C=O) groups is 4. The summed E-state index contributed by atoms with van der Waals surface area (Å²) in [5.74, 6) is -2.84. The molecule has 150 valence electrons. The standard InChI is InChI=1S/C18H17Br3N2O5/c19-9-1-3-10(4-2-9)22-15(24)8-28-16(25)7-23-17(26)11-5-13(20)14(21)6-12(11)18(23)27/h1-4,11-14H,5-8H2,(H,22,24)/t11-,12-,13-,14+/m1/s1. The summed E-state index contributed by atoms with van der Waals surface area (Å²) in [5.41, 5.74) is 0.562. The smallest absolute Gasteiger partial charge is 0.326 e. The number of imide groups is 1. The molecule has 1 saturated heterocycles. The van der Waals surface area contributed by atoms with Gasteiger partial charge in [0.15, 0.2) is 6.61 Å². The molecular weight excluding hydrogens is 564 g/mol. The number of anilines is 1. The van der Waals surface area contributed by atoms with E-state index in [2.05, 4.69) is 53.1 Å². The van der Waals surface area contributed by atoms with Gasteiger partial charge in [-0.25, -0.2) is 0 Å². The molecule has 0 bridgehead atoms. The predicted molar refractivity (Wildman–Crippen MR) is 112 cm³/mol. The molecule has 10 heteroatoms. The molecule has 7 nitrogen and oxygen atoms in total. The molecule has 1 N–H and O–H groups in total. The average molecular weight is 581 g/mol. The van der Waals surface area contributed by atoms with Gasteiger partial charge < -0.3 is 10.1 Å². The Bertz CT molecular complexity index is 773. The number of hydrogen-bond donors (Lipinski definition) is 1. The molecule has 1 aliphatic heterocycles. The van der Waals surface area contributed by atoms with E-state index in [1.54, 1.807) is 24.3 Å². The van der Waals surface area contributed by atoms with Crippen LogP contribution in [0.5, 0.6) is 0 Å². The van der Waals surface area contributed by atoms with Crippen molar-refractivity contribution in [3.8, 4) is 0 Å². The number of hydrogen-bond acceptors (Lipinski definition) is 5. The molecule has 1 heterocycles. The van der Waals surface area contributed by atoms with E-state index in [1.165, 1.54) is 0 Å². The molecule has 1 aromatic rings. The largest absolute Gasteiger partial charge is 0.454 e. The number of alkyl halides is 2. The lowest BCUT2D eigenvalue weighted by molar-refractivity contribution is -0.154. The van der Waals surface area contributed by atoms with Crippen LogP contribution in [-0.2, 0) is 23.9 Å². The van der Waals surface area contributed by atoms with E-state index in [9.17, 15) is 19.2 Å². The second-order valence-corrected chi connectivity index (χ2v) is 9.96. The van der Waals surface area contributed by atoms with Gasteiger partial charge >= 0.3 is 5.97 Å². The highest BCUT2D eigenvalue weighted by Crippen LogP contribution is 2.43. The Hall–Kier alpha value is -1.26. The normalized spacial score (nSPS) is 26.8. The first kappa shape index (κ1) is 21.4. The summed E-state index contributed by atoms with van der Waals surface area (Å²) in [7, 11) is 0. The number of fused-ring (bicyclic) bond motifs is 1. The summed E-state index contributed by atoms with van der Waals surface area (Å²) < 4.78 is 5.80. The summed E-state index contributed by atoms with van der Waals surface area (Å²) in [6.07, 6.45) is 1.07. The molecule has 0 radical (unpaired) electrons. The number of esters is 1. The minimum absolute atomic E-state index is 0.0970. The maximum Gasteiger partial charge on any atom is 0.326 e. The van der Waals surface area contributed by atoms with Crippen molar-refractivity contribution in [2.75, 3.05) is 18.5 Å². The first-order valence-corrected chi connectivity index (χ1v) is 11.2. The molecule has 1 aliphatic carbocycles. The Labute approximate surface area is 186 Å². The highest BCUT2D eigenvalue weighted by Gasteiger charge is 2.52. The van der Waals surface area contributed by atoms with Gasteiger partial charge in [0.2, 0.25) is 11.8 Å². The molecule has 4 atom stereocenters. The Kier molecular flexibility index (Phi) is 6.93. The van der Waals surface area contributed by atoms with Crippen LogP contribution in [-0.4, -0.2) is 51.4 Å². The van der Waals surface area contributed by atoms with Gasteiger partial charge in [0.05, 0.1) is 11.8 Å². The number of likely N-dealkylation sites (tertiary alicyclic amines) is 1. The Morgan fingerprint density at radius 2 is 1.57 bits per heavy atom. The summed E-state index contributed by atoms with van der Waals surface area (Å²) in [6, 6.07) is 6.92. The maximum absolute atomic E-state index is 12.5. The van der Waals surface area contributed by atoms with E-state index in [-0.39, 0.29) is 21.5 Å². The molecular formula is C18H17Br3N2O5. The molecule has 3 amide bonds. The summed E-state index contributed by atoms with van der Waals surface area (Å²) in [6.45, 7) is -0.971. The first-order chi connectivity index (χ1) is 13.3. The molecule has 28 heavy (non-hydrogen) atoms. The Balaban J connectivity index is 1.50. The number of benzene rings is 1. The number of amides is 3. The fourth-order valence-electron chi connectivity index (χ4n) is 3.37. The SMILES string of the molecule is O=C(COC(=O)CN1C(=O)[C@@H]2C[C@@H](Br)[C@@H](Br)C[C@H]2C1=O)Nc1ccc(Br)cc1. The third-order valence-electron chi connectivity index (χ3n) is 4.78. The van der Waals surface area contributed by atoms with Crippen LogP contribution in [0, 0.1) is 11.8 Å². The fourth-order valence-corrected chi connectivity index (χ4v) is 4.87. The predicted octanol–water partition coefficient (Wildman–Crippen LogP) is 2.85. The lowest BCUT2D eigenvalue weighted by Crippen LogP contribution is -2.37. The number of nitrogens with zero attached hydrogens (tertiary/aromatic N) is 1. The zero-order chi connectivity index (χ0) is 20.4. The molecule has 0 spiro atoms. The monoisotopic (exact) mass is 578 g/mol. The maximum atomic E-state index is 12.5. The lowest BCUT2D eigenvalue weighted by Gasteiger charge is -2.29. The van der Waals surface area contributed by atoms with Crippen LogP contribution in [0.3, 0.4) is 0 Å². The van der Waals surface area contributed by atoms with E-state index in [0.717, 1.165) is 9.37 Å². The van der Waals surface area contributed by atoms with Gasteiger partial charge in [0.25, 0.3) is 5.91 Å². The number of rotatable bonds is 5. The highest BCUT2D eigenvalue weighted by atomic mass is 79.9. The van der Waals surface area contributed by atoms with Crippen LogP contribution in [0.25, 0.3) is 0 Å². The van der Waals surface area contributed by atoms with E-state index in [0.29, 0.717) is 18.5 Å². The van der Waals surface area contributed by atoms with Crippen molar-refractivity contribution < 1.29 is 23.9 Å². The zero-order valence-corrected chi connectivity index (χ0v) is 19.3. The highest BCUT2D eigenvalue weighted by molar-refractivity contribution is 9.12. The average Bonchev–Trinajstić information content (AvgIpc) is 2.87. The second-order valence-electron chi connectivity index (χ2n) is 6.69. The summed E-state index contributed by atoms with van der Waals surface area (Å²) in [4.78, 5) is 50.1. The van der Waals surface area contributed by atoms with Crippen LogP contribution >= 0.6 is 47.8 Å². The van der Waals surface area contributed by atoms with Crippen LogP contribution in [0.15, 0.2) is 28.7 Å². The van der Waals surface area contributed by atoms with Gasteiger partial charge in [-0.3, -0.25) is 24.1 Å². The van der Waals surface area contributed by atoms with Gasteiger partial charge in [-0.1, -0.05) is 47.8 Å². The second kappa shape index (κ2) is 9.04. The summed E-state index contributed by atoms with van der Waals surface area (Å²) >= 11 is 10.3. The molecule has 0 unspecified atom stereocenters. The quantitative estimate of drug-likeness (QED) is 0.329. The van der Waals surface area contributed by atoms with Crippen LogP contribution < -0.4 is 5.32 Å². The van der Waals surface area contributed by atoms with Gasteiger partial charge in [-0.15, -0.1) is 0 Å². The Morgan fingerprint density at radius 1 is 1.04 bits per heavy atom. The van der Waals surface area contributed by atoms with E-state index in [4.69, 9.17) is 4.74 Å². The van der Waals surface area contributed by atoms with Crippen molar-refractivity contribution in [3.63, 3.8) is 0 Å². The zero-order valence-electron chi connectivity index (χ0n) is 14.6. The number of carbonyl (C=O) groups excluding carboxylic acids is 4. The van der Waals surface area contributed by atoms with Crippen molar-refractivity contribution >= 4 is 77.2 Å². The first-order valence-electron chi connectivity index (χ1n) is 8.60. The number of ether oxygens (including phenoxy) is 1. The van der Waals surface area contributed by atoms with Gasteiger partial charge in [-0.2, -0.15) is 0 Å². The number of nitrogens with one attached hydrogen (secondary N) is 1. The van der Waals surface area contributed by atoms with E-state index >= 15 is 0 Å². The van der Waals surface area contributed by atoms with Crippen LogP contribution in [0.2, 0.25) is 0 Å². The van der Waals surface area contributed by atoms with Crippen molar-refractivity contribution in [2.45, 2.75) is 22.5 Å². The summed E-state index contributed by atoms with van der Waals surface area (Å²) in [5, 5.41) is 2.59. The Morgan fingerprint density at radius 3 is 2.11 bits per heavy atom.